The van der Waals surface area contributed by atoms with Gasteiger partial charge in [-0.2, -0.15) is 4.31 Å². The van der Waals surface area contributed by atoms with Gasteiger partial charge in [-0.15, -0.1) is 0 Å². The van der Waals surface area contributed by atoms with Gasteiger partial charge in [0.05, 0.1) is 11.6 Å². The van der Waals surface area contributed by atoms with Crippen LogP contribution in [0.1, 0.15) is 12.5 Å². The standard InChI is InChI=1S/C24H24Cl3FN4O5S/c1-14(33)29-19-12-31(38(36,37)21-7-6-17(26)11-18(21)27)22-13-30(9-8-28)24(35)20(32(22)23(19)34)10-15-2-4-16(25)5-3-15/h2-7,11,19-20,22H,8-10,12-13H2,1H3,(H,29,33). The quantitative estimate of drug-likeness (QED) is 0.523. The fraction of sp³-hybridized carbons (Fsp3) is 0.375. The Bertz CT molecular complexity index is 1360. The van der Waals surface area contributed by atoms with E-state index < -0.39 is 59.2 Å². The first-order valence-electron chi connectivity index (χ1n) is 11.6. The lowest BCUT2D eigenvalue weighted by atomic mass is 9.97. The minimum Gasteiger partial charge on any atom is -0.343 e. The summed E-state index contributed by atoms with van der Waals surface area (Å²) in [6.45, 7) is -0.609. The van der Waals surface area contributed by atoms with E-state index in [9.17, 15) is 27.2 Å². The molecular weight excluding hydrogens is 582 g/mol. The summed E-state index contributed by atoms with van der Waals surface area (Å²) in [5.41, 5.74) is 0.651. The Labute approximate surface area is 234 Å². The van der Waals surface area contributed by atoms with Gasteiger partial charge < -0.3 is 15.1 Å². The number of carbonyl (C=O) groups excluding carboxylic acids is 3. The van der Waals surface area contributed by atoms with Crippen molar-refractivity contribution < 1.29 is 27.2 Å². The van der Waals surface area contributed by atoms with Crippen molar-refractivity contribution in [1.82, 2.24) is 19.4 Å². The minimum atomic E-state index is -4.38. The van der Waals surface area contributed by atoms with E-state index in [1.807, 2.05) is 0 Å². The van der Waals surface area contributed by atoms with E-state index in [-0.39, 0.29) is 34.5 Å². The number of alkyl halides is 1. The molecule has 4 rings (SSSR count). The Morgan fingerprint density at radius 1 is 1.03 bits per heavy atom. The van der Waals surface area contributed by atoms with Crippen LogP contribution < -0.4 is 5.32 Å². The van der Waals surface area contributed by atoms with Gasteiger partial charge >= 0.3 is 0 Å². The van der Waals surface area contributed by atoms with Gasteiger partial charge in [-0.25, -0.2) is 12.8 Å². The molecule has 204 valence electrons. The molecule has 2 saturated heterocycles. The molecule has 9 nitrogen and oxygen atoms in total. The van der Waals surface area contributed by atoms with Crippen molar-refractivity contribution in [2.45, 2.75) is 36.5 Å². The topological polar surface area (TPSA) is 107 Å². The van der Waals surface area contributed by atoms with E-state index in [0.717, 1.165) is 4.31 Å². The molecule has 2 aliphatic rings. The third kappa shape index (κ3) is 5.62. The molecule has 38 heavy (non-hydrogen) atoms. The molecule has 2 aromatic carbocycles. The molecule has 2 fully saturated rings. The number of hydrogen-bond acceptors (Lipinski definition) is 5. The molecule has 3 amide bonds. The summed E-state index contributed by atoms with van der Waals surface area (Å²) in [6.07, 6.45) is -1.16. The van der Waals surface area contributed by atoms with Crippen molar-refractivity contribution in [1.29, 1.82) is 0 Å². The number of nitrogens with zero attached hydrogens (tertiary/aromatic N) is 3. The van der Waals surface area contributed by atoms with Crippen LogP contribution in [0.5, 0.6) is 0 Å². The van der Waals surface area contributed by atoms with Gasteiger partial charge in [0.1, 0.15) is 29.8 Å². The zero-order valence-electron chi connectivity index (χ0n) is 20.1. The van der Waals surface area contributed by atoms with E-state index in [0.29, 0.717) is 10.6 Å². The zero-order chi connectivity index (χ0) is 27.8. The number of benzene rings is 2. The lowest BCUT2D eigenvalue weighted by molar-refractivity contribution is -0.167. The van der Waals surface area contributed by atoms with Gasteiger partial charge in [0.15, 0.2) is 0 Å². The lowest BCUT2D eigenvalue weighted by Crippen LogP contribution is -2.76. The van der Waals surface area contributed by atoms with Gasteiger partial charge in [0.25, 0.3) is 0 Å². The SMILES string of the molecule is CC(=O)NC1CN(S(=O)(=O)c2ccc(Cl)cc2Cl)C2CN(CCF)C(=O)C(Cc3ccc(Cl)cc3)N2C1=O. The first kappa shape index (κ1) is 28.6. The smallest absolute Gasteiger partial charge is 0.248 e. The number of fused-ring (bicyclic) bond motifs is 1. The Hall–Kier alpha value is -2.44. The second-order valence-electron chi connectivity index (χ2n) is 8.95. The summed E-state index contributed by atoms with van der Waals surface area (Å²) >= 11 is 18.2. The summed E-state index contributed by atoms with van der Waals surface area (Å²) in [5.74, 6) is -1.71. The Balaban J connectivity index is 1.83. The summed E-state index contributed by atoms with van der Waals surface area (Å²) in [7, 11) is -4.38. The molecule has 2 heterocycles. The first-order chi connectivity index (χ1) is 17.9. The average Bonchev–Trinajstić information content (AvgIpc) is 2.84. The Morgan fingerprint density at radius 2 is 1.68 bits per heavy atom. The number of sulfonamides is 1. The van der Waals surface area contributed by atoms with Crippen molar-refractivity contribution >= 4 is 62.5 Å². The number of piperazine rings is 1. The number of rotatable bonds is 7. The van der Waals surface area contributed by atoms with Crippen LogP contribution in [0.3, 0.4) is 0 Å². The van der Waals surface area contributed by atoms with Crippen molar-refractivity contribution in [2.75, 3.05) is 26.3 Å². The fourth-order valence-electron chi connectivity index (χ4n) is 4.76. The van der Waals surface area contributed by atoms with Crippen LogP contribution >= 0.6 is 34.8 Å². The predicted octanol–water partition coefficient (Wildman–Crippen LogP) is 2.73. The lowest BCUT2D eigenvalue weighted by Gasteiger charge is -2.53. The third-order valence-electron chi connectivity index (χ3n) is 6.44. The number of nitrogens with one attached hydrogen (secondary N) is 1. The van der Waals surface area contributed by atoms with Crippen LogP contribution in [-0.4, -0.2) is 84.8 Å². The Morgan fingerprint density at radius 3 is 2.29 bits per heavy atom. The van der Waals surface area contributed by atoms with Crippen LogP contribution in [0.25, 0.3) is 0 Å². The summed E-state index contributed by atoms with van der Waals surface area (Å²) in [4.78, 5) is 41.2. The van der Waals surface area contributed by atoms with Crippen LogP contribution in [0.2, 0.25) is 15.1 Å². The van der Waals surface area contributed by atoms with Gasteiger partial charge in [0, 0.05) is 36.5 Å². The molecule has 1 N–H and O–H groups in total. The largest absolute Gasteiger partial charge is 0.343 e. The van der Waals surface area contributed by atoms with E-state index in [1.165, 1.54) is 34.9 Å². The van der Waals surface area contributed by atoms with Crippen LogP contribution in [0.15, 0.2) is 47.4 Å². The molecule has 0 spiro atoms. The maximum Gasteiger partial charge on any atom is 0.248 e. The van der Waals surface area contributed by atoms with Crippen molar-refractivity contribution in [3.63, 3.8) is 0 Å². The molecule has 0 aliphatic carbocycles. The van der Waals surface area contributed by atoms with Crippen LogP contribution in [0, 0.1) is 0 Å². The summed E-state index contributed by atoms with van der Waals surface area (Å²) in [6, 6.07) is 8.06. The summed E-state index contributed by atoms with van der Waals surface area (Å²) < 4.78 is 42.3. The predicted molar refractivity (Wildman–Crippen MR) is 140 cm³/mol. The highest BCUT2D eigenvalue weighted by molar-refractivity contribution is 7.89. The number of halogens is 4. The highest BCUT2D eigenvalue weighted by Crippen LogP contribution is 2.34. The second-order valence-corrected chi connectivity index (χ2v) is 12.1. The molecular formula is C24H24Cl3FN4O5S. The van der Waals surface area contributed by atoms with Gasteiger partial charge in [0.2, 0.25) is 27.7 Å². The van der Waals surface area contributed by atoms with E-state index in [1.54, 1.807) is 24.3 Å². The van der Waals surface area contributed by atoms with Gasteiger partial charge in [-0.05, 0) is 35.9 Å². The zero-order valence-corrected chi connectivity index (χ0v) is 23.2. The Kier molecular flexibility index (Phi) is 8.53. The molecule has 14 heteroatoms. The van der Waals surface area contributed by atoms with Crippen molar-refractivity contribution in [3.8, 4) is 0 Å². The summed E-state index contributed by atoms with van der Waals surface area (Å²) in [5, 5.41) is 3.05. The maximum absolute atomic E-state index is 13.9. The number of hydrogen-bond donors (Lipinski definition) is 1. The monoisotopic (exact) mass is 604 g/mol. The normalized spacial score (nSPS) is 22.4. The van der Waals surface area contributed by atoms with Crippen molar-refractivity contribution in [3.05, 3.63) is 63.1 Å². The highest BCUT2D eigenvalue weighted by Gasteiger charge is 2.54. The maximum atomic E-state index is 13.9. The highest BCUT2D eigenvalue weighted by atomic mass is 35.5. The average molecular weight is 606 g/mol. The van der Waals surface area contributed by atoms with E-state index in [2.05, 4.69) is 5.32 Å². The van der Waals surface area contributed by atoms with E-state index in [4.69, 9.17) is 34.8 Å². The second kappa shape index (κ2) is 11.4. The van der Waals surface area contributed by atoms with E-state index >= 15 is 0 Å². The molecule has 2 aliphatic heterocycles. The minimum absolute atomic E-state index is 0.0173. The van der Waals surface area contributed by atoms with Gasteiger partial charge in [-0.1, -0.05) is 46.9 Å². The molecule has 2 aromatic rings. The molecule has 0 saturated carbocycles. The first-order valence-corrected chi connectivity index (χ1v) is 14.2. The molecule has 0 aromatic heterocycles. The van der Waals surface area contributed by atoms with Crippen LogP contribution in [0.4, 0.5) is 4.39 Å². The molecule has 3 atom stereocenters. The van der Waals surface area contributed by atoms with Gasteiger partial charge in [-0.3, -0.25) is 14.4 Å². The fourth-order valence-corrected chi connectivity index (χ4v) is 7.22. The van der Waals surface area contributed by atoms with Crippen LogP contribution in [-0.2, 0) is 30.8 Å². The number of carbonyl (C=O) groups is 3. The molecule has 3 unspecified atom stereocenters. The third-order valence-corrected chi connectivity index (χ3v) is 9.27. The molecule has 0 radical (unpaired) electrons. The van der Waals surface area contributed by atoms with Crippen molar-refractivity contribution in [2.24, 2.45) is 0 Å². The number of amides is 3. The molecule has 0 bridgehead atoms.